The lowest BCUT2D eigenvalue weighted by Crippen LogP contribution is -2.10. The maximum atomic E-state index is 11.6. The summed E-state index contributed by atoms with van der Waals surface area (Å²) in [4.78, 5) is 34.6. The van der Waals surface area contributed by atoms with Gasteiger partial charge in [-0.2, -0.15) is 15.0 Å². The van der Waals surface area contributed by atoms with E-state index in [1.165, 1.54) is 0 Å². The molecule has 3 N–H and O–H groups in total. The Morgan fingerprint density at radius 1 is 1.08 bits per heavy atom. The summed E-state index contributed by atoms with van der Waals surface area (Å²) in [6.45, 7) is 1.66. The third kappa shape index (κ3) is 6.26. The highest BCUT2D eigenvalue weighted by Crippen LogP contribution is 2.12. The van der Waals surface area contributed by atoms with E-state index in [1.807, 2.05) is 30.3 Å². The molecular formula is C16H17N5O4. The predicted octanol–water partition coefficient (Wildman–Crippen LogP) is 1.36. The summed E-state index contributed by atoms with van der Waals surface area (Å²) in [5.74, 6) is -0.972. The van der Waals surface area contributed by atoms with Crippen molar-refractivity contribution < 1.29 is 19.1 Å². The highest BCUT2D eigenvalue weighted by Gasteiger charge is 2.07. The summed E-state index contributed by atoms with van der Waals surface area (Å²) in [5.41, 5.74) is 6.40. The van der Waals surface area contributed by atoms with Gasteiger partial charge in [0.1, 0.15) is 0 Å². The van der Waals surface area contributed by atoms with Gasteiger partial charge in [-0.1, -0.05) is 18.2 Å². The van der Waals surface area contributed by atoms with E-state index in [2.05, 4.69) is 25.0 Å². The first-order chi connectivity index (χ1) is 12.1. The average Bonchev–Trinajstić information content (AvgIpc) is 2.59. The molecule has 0 unspecified atom stereocenters. The molecule has 9 nitrogen and oxygen atoms in total. The normalized spacial score (nSPS) is 10.4. The smallest absolute Gasteiger partial charge is 0.331 e. The minimum absolute atomic E-state index is 0.0125. The van der Waals surface area contributed by atoms with Crippen LogP contribution in [0.5, 0.6) is 0 Å². The summed E-state index contributed by atoms with van der Waals surface area (Å²) in [6, 6.07) is 9.25. The summed E-state index contributed by atoms with van der Waals surface area (Å²) in [7, 11) is 0. The molecule has 0 saturated carbocycles. The Labute approximate surface area is 143 Å². The number of rotatable bonds is 7. The number of carbonyl (C=O) groups excluding carboxylic acids is 2. The molecule has 0 saturated heterocycles. The van der Waals surface area contributed by atoms with Crippen LogP contribution in [0.1, 0.15) is 12.7 Å². The fourth-order valence-electron chi connectivity index (χ4n) is 1.72. The molecule has 1 heterocycles. The van der Waals surface area contributed by atoms with Crippen LogP contribution < -0.4 is 11.1 Å². The maximum absolute atomic E-state index is 11.6. The highest BCUT2D eigenvalue weighted by atomic mass is 16.5. The van der Waals surface area contributed by atoms with Crippen molar-refractivity contribution in [3.8, 4) is 0 Å². The van der Waals surface area contributed by atoms with Gasteiger partial charge >= 0.3 is 11.9 Å². The second-order valence-electron chi connectivity index (χ2n) is 4.62. The summed E-state index contributed by atoms with van der Waals surface area (Å²) >= 11 is 0. The first kappa shape index (κ1) is 17.9. The molecule has 0 aliphatic carbocycles. The molecule has 2 aromatic rings. The lowest BCUT2D eigenvalue weighted by Gasteiger charge is -2.07. The lowest BCUT2D eigenvalue weighted by molar-refractivity contribution is -0.141. The molecule has 2 rings (SSSR count). The molecular weight excluding hydrogens is 326 g/mol. The van der Waals surface area contributed by atoms with E-state index in [4.69, 9.17) is 10.5 Å². The van der Waals surface area contributed by atoms with Crippen LogP contribution in [0.15, 0.2) is 42.5 Å². The standard InChI is InChI=1S/C16H17N5O4/c1-2-24-13(22)8-9-14(23)25-10-12-19-15(17)21-16(20-12)18-11-6-4-3-5-7-11/h3-9H,2,10H2,1H3,(H3,17,18,19,20,21). The molecule has 9 heteroatoms. The van der Waals surface area contributed by atoms with Crippen molar-refractivity contribution in [2.75, 3.05) is 17.7 Å². The molecule has 1 aromatic carbocycles. The number of benzene rings is 1. The Morgan fingerprint density at radius 2 is 1.76 bits per heavy atom. The third-order valence-corrected chi connectivity index (χ3v) is 2.71. The second kappa shape index (κ2) is 8.96. The number of nitrogens with zero attached hydrogens (tertiary/aromatic N) is 3. The van der Waals surface area contributed by atoms with E-state index < -0.39 is 11.9 Å². The number of anilines is 3. The number of aromatic nitrogens is 3. The van der Waals surface area contributed by atoms with Crippen LogP contribution in [-0.4, -0.2) is 33.5 Å². The van der Waals surface area contributed by atoms with Crippen molar-refractivity contribution in [2.45, 2.75) is 13.5 Å². The van der Waals surface area contributed by atoms with Gasteiger partial charge in [0.15, 0.2) is 12.4 Å². The monoisotopic (exact) mass is 343 g/mol. The maximum Gasteiger partial charge on any atom is 0.331 e. The van der Waals surface area contributed by atoms with Crippen molar-refractivity contribution in [3.63, 3.8) is 0 Å². The number of carbonyl (C=O) groups is 2. The predicted molar refractivity (Wildman–Crippen MR) is 89.5 cm³/mol. The number of ether oxygens (including phenoxy) is 2. The SMILES string of the molecule is CCOC(=O)C=CC(=O)OCc1nc(N)nc(Nc2ccccc2)n1. The van der Waals surface area contributed by atoms with Gasteiger partial charge in [-0.15, -0.1) is 0 Å². The van der Waals surface area contributed by atoms with Crippen LogP contribution >= 0.6 is 0 Å². The second-order valence-corrected chi connectivity index (χ2v) is 4.62. The minimum atomic E-state index is -0.732. The molecule has 0 radical (unpaired) electrons. The summed E-state index contributed by atoms with van der Waals surface area (Å²) < 4.78 is 9.60. The number of para-hydroxylation sites is 1. The summed E-state index contributed by atoms with van der Waals surface area (Å²) in [6.07, 6.45) is 1.95. The summed E-state index contributed by atoms with van der Waals surface area (Å²) in [5, 5.41) is 2.97. The number of nitrogen functional groups attached to an aromatic ring is 1. The van der Waals surface area contributed by atoms with Gasteiger partial charge < -0.3 is 20.5 Å². The molecule has 0 atom stereocenters. The Bertz CT molecular complexity index is 764. The van der Waals surface area contributed by atoms with Crippen molar-refractivity contribution in [1.29, 1.82) is 0 Å². The van der Waals surface area contributed by atoms with E-state index in [9.17, 15) is 9.59 Å². The zero-order valence-corrected chi connectivity index (χ0v) is 13.5. The fraction of sp³-hybridized carbons (Fsp3) is 0.188. The van der Waals surface area contributed by atoms with E-state index in [1.54, 1.807) is 6.92 Å². The first-order valence-corrected chi connectivity index (χ1v) is 7.41. The largest absolute Gasteiger partial charge is 0.463 e. The number of esters is 2. The lowest BCUT2D eigenvalue weighted by atomic mass is 10.3. The first-order valence-electron chi connectivity index (χ1n) is 7.41. The molecule has 25 heavy (non-hydrogen) atoms. The number of nitrogens with one attached hydrogen (secondary N) is 1. The molecule has 0 amide bonds. The Kier molecular flexibility index (Phi) is 6.40. The molecule has 0 aliphatic heterocycles. The van der Waals surface area contributed by atoms with Crippen LogP contribution in [0.2, 0.25) is 0 Å². The van der Waals surface area contributed by atoms with Gasteiger partial charge in [0, 0.05) is 17.8 Å². The topological polar surface area (TPSA) is 129 Å². The number of nitrogens with two attached hydrogens (primary N) is 1. The van der Waals surface area contributed by atoms with Crippen LogP contribution in [0.25, 0.3) is 0 Å². The quantitative estimate of drug-likeness (QED) is 0.565. The number of hydrogen-bond donors (Lipinski definition) is 2. The van der Waals surface area contributed by atoms with E-state index in [-0.39, 0.29) is 30.9 Å². The van der Waals surface area contributed by atoms with Crippen LogP contribution in [0, 0.1) is 0 Å². The number of hydrogen-bond acceptors (Lipinski definition) is 9. The zero-order valence-electron chi connectivity index (χ0n) is 13.5. The molecule has 130 valence electrons. The van der Waals surface area contributed by atoms with Crippen LogP contribution in [0.3, 0.4) is 0 Å². The van der Waals surface area contributed by atoms with Crippen LogP contribution in [0.4, 0.5) is 17.6 Å². The van der Waals surface area contributed by atoms with E-state index in [0.717, 1.165) is 17.8 Å². The Balaban J connectivity index is 1.96. The molecule has 1 aromatic heterocycles. The van der Waals surface area contributed by atoms with Crippen molar-refractivity contribution in [3.05, 3.63) is 48.3 Å². The van der Waals surface area contributed by atoms with Gasteiger partial charge in [0.05, 0.1) is 6.61 Å². The van der Waals surface area contributed by atoms with Gasteiger partial charge in [-0.3, -0.25) is 0 Å². The average molecular weight is 343 g/mol. The fourth-order valence-corrected chi connectivity index (χ4v) is 1.72. The van der Waals surface area contributed by atoms with Crippen molar-refractivity contribution >= 4 is 29.5 Å². The molecule has 0 bridgehead atoms. The van der Waals surface area contributed by atoms with Crippen LogP contribution in [-0.2, 0) is 25.7 Å². The zero-order chi connectivity index (χ0) is 18.1. The Morgan fingerprint density at radius 3 is 2.44 bits per heavy atom. The van der Waals surface area contributed by atoms with Gasteiger partial charge in [-0.25, -0.2) is 9.59 Å². The molecule has 0 fully saturated rings. The molecule has 0 spiro atoms. The van der Waals surface area contributed by atoms with Gasteiger partial charge in [-0.05, 0) is 19.1 Å². The highest BCUT2D eigenvalue weighted by molar-refractivity contribution is 5.91. The van der Waals surface area contributed by atoms with Crippen molar-refractivity contribution in [2.24, 2.45) is 0 Å². The van der Waals surface area contributed by atoms with Crippen molar-refractivity contribution in [1.82, 2.24) is 15.0 Å². The molecule has 0 aliphatic rings. The minimum Gasteiger partial charge on any atom is -0.463 e. The van der Waals surface area contributed by atoms with Gasteiger partial charge in [0.2, 0.25) is 11.9 Å². The Hall–Kier alpha value is -3.49. The van der Waals surface area contributed by atoms with Gasteiger partial charge in [0.25, 0.3) is 0 Å². The van der Waals surface area contributed by atoms with E-state index in [0.29, 0.717) is 0 Å². The van der Waals surface area contributed by atoms with E-state index >= 15 is 0 Å². The third-order valence-electron chi connectivity index (χ3n) is 2.71.